The Morgan fingerprint density at radius 3 is 2.81 bits per heavy atom. The number of ether oxygens (including phenoxy) is 1. The summed E-state index contributed by atoms with van der Waals surface area (Å²) in [6, 6.07) is 6.97. The average molecular weight is 218 g/mol. The van der Waals surface area contributed by atoms with Gasteiger partial charge in [0.15, 0.2) is 0 Å². The molecule has 3 heteroatoms. The van der Waals surface area contributed by atoms with E-state index in [1.54, 1.807) is 38.1 Å². The highest BCUT2D eigenvalue weighted by Crippen LogP contribution is 2.10. The van der Waals surface area contributed by atoms with Crippen LogP contribution in [0.15, 0.2) is 29.8 Å². The van der Waals surface area contributed by atoms with Crippen LogP contribution in [0.25, 0.3) is 6.08 Å². The van der Waals surface area contributed by atoms with Gasteiger partial charge in [0.2, 0.25) is 0 Å². The van der Waals surface area contributed by atoms with Crippen LogP contribution in [0.5, 0.6) is 0 Å². The van der Waals surface area contributed by atoms with Gasteiger partial charge in [0.25, 0.3) is 0 Å². The zero-order valence-electron chi connectivity index (χ0n) is 9.40. The summed E-state index contributed by atoms with van der Waals surface area (Å²) >= 11 is 0. The Morgan fingerprint density at radius 1 is 1.44 bits per heavy atom. The molecule has 1 rings (SSSR count). The lowest BCUT2D eigenvalue weighted by Crippen LogP contribution is -2.04. The lowest BCUT2D eigenvalue weighted by atomic mass is 10.1. The number of carbonyl (C=O) groups excluding carboxylic acids is 2. The quantitative estimate of drug-likeness (QED) is 0.443. The number of esters is 1. The summed E-state index contributed by atoms with van der Waals surface area (Å²) in [5, 5.41) is 0. The lowest BCUT2D eigenvalue weighted by molar-refractivity contribution is -0.104. The fraction of sp³-hybridized carbons (Fsp3) is 0.231. The minimum absolute atomic E-state index is 0.346. The highest BCUT2D eigenvalue weighted by atomic mass is 16.5. The molecule has 84 valence electrons. The average Bonchev–Trinajstić information content (AvgIpc) is 2.29. The predicted octanol–water partition coefficient (Wildman–Crippen LogP) is 2.47. The molecule has 3 nitrogen and oxygen atoms in total. The number of rotatable bonds is 4. The number of hydrogen-bond donors (Lipinski definition) is 0. The molecule has 0 atom stereocenters. The standard InChI is InChI=1S/C13H14O3/c1-3-16-13(15)12-6-4-5-11(8-12)7-10(2)9-14/h4-9H,3H2,1-2H3/b10-7-. The molecule has 0 aromatic heterocycles. The molecular formula is C13H14O3. The number of hydrogen-bond acceptors (Lipinski definition) is 3. The van der Waals surface area contributed by atoms with Crippen LogP contribution < -0.4 is 0 Å². The van der Waals surface area contributed by atoms with Gasteiger partial charge in [0.1, 0.15) is 6.29 Å². The van der Waals surface area contributed by atoms with Crippen LogP contribution in [-0.2, 0) is 9.53 Å². The van der Waals surface area contributed by atoms with Gasteiger partial charge in [-0.05, 0) is 43.2 Å². The maximum absolute atomic E-state index is 11.4. The van der Waals surface area contributed by atoms with Crippen LogP contribution in [0, 0.1) is 0 Å². The number of allylic oxidation sites excluding steroid dienone is 1. The van der Waals surface area contributed by atoms with E-state index in [0.717, 1.165) is 11.8 Å². The highest BCUT2D eigenvalue weighted by Gasteiger charge is 2.05. The first-order chi connectivity index (χ1) is 7.67. The molecule has 0 amide bonds. The van der Waals surface area contributed by atoms with Gasteiger partial charge in [-0.2, -0.15) is 0 Å². The Morgan fingerprint density at radius 2 is 2.19 bits per heavy atom. The van der Waals surface area contributed by atoms with Crippen LogP contribution in [0.2, 0.25) is 0 Å². The van der Waals surface area contributed by atoms with Gasteiger partial charge in [0, 0.05) is 0 Å². The molecule has 0 aliphatic heterocycles. The van der Waals surface area contributed by atoms with E-state index in [2.05, 4.69) is 0 Å². The fourth-order valence-corrected chi connectivity index (χ4v) is 1.27. The van der Waals surface area contributed by atoms with Crippen molar-refractivity contribution in [1.29, 1.82) is 0 Å². The highest BCUT2D eigenvalue weighted by molar-refractivity contribution is 5.90. The topological polar surface area (TPSA) is 43.4 Å². The van der Waals surface area contributed by atoms with Crippen molar-refractivity contribution in [3.05, 3.63) is 41.0 Å². The molecule has 0 fully saturated rings. The van der Waals surface area contributed by atoms with Gasteiger partial charge >= 0.3 is 5.97 Å². The van der Waals surface area contributed by atoms with Crippen molar-refractivity contribution >= 4 is 18.3 Å². The van der Waals surface area contributed by atoms with Crippen LogP contribution >= 0.6 is 0 Å². The third-order valence-electron chi connectivity index (χ3n) is 1.98. The van der Waals surface area contributed by atoms with Gasteiger partial charge in [-0.3, -0.25) is 4.79 Å². The second-order valence-electron chi connectivity index (χ2n) is 3.35. The molecule has 0 saturated heterocycles. The van der Waals surface area contributed by atoms with Gasteiger partial charge in [0.05, 0.1) is 12.2 Å². The van der Waals surface area contributed by atoms with Crippen LogP contribution in [0.3, 0.4) is 0 Å². The van der Waals surface area contributed by atoms with E-state index in [0.29, 0.717) is 17.7 Å². The summed E-state index contributed by atoms with van der Waals surface area (Å²) in [5.74, 6) is -0.346. The van der Waals surface area contributed by atoms with E-state index < -0.39 is 0 Å². The van der Waals surface area contributed by atoms with E-state index in [4.69, 9.17) is 4.74 Å². The Balaban J connectivity index is 2.95. The van der Waals surface area contributed by atoms with Crippen molar-refractivity contribution in [2.24, 2.45) is 0 Å². The smallest absolute Gasteiger partial charge is 0.338 e. The lowest BCUT2D eigenvalue weighted by Gasteiger charge is -2.02. The number of aldehydes is 1. The molecule has 0 bridgehead atoms. The number of benzene rings is 1. The minimum Gasteiger partial charge on any atom is -0.462 e. The van der Waals surface area contributed by atoms with Crippen molar-refractivity contribution in [3.63, 3.8) is 0 Å². The monoisotopic (exact) mass is 218 g/mol. The molecule has 0 aliphatic carbocycles. The van der Waals surface area contributed by atoms with E-state index in [-0.39, 0.29) is 5.97 Å². The largest absolute Gasteiger partial charge is 0.462 e. The molecular weight excluding hydrogens is 204 g/mol. The Hall–Kier alpha value is -1.90. The summed E-state index contributed by atoms with van der Waals surface area (Å²) in [4.78, 5) is 21.9. The van der Waals surface area contributed by atoms with E-state index in [1.807, 2.05) is 6.07 Å². The zero-order valence-corrected chi connectivity index (χ0v) is 9.40. The minimum atomic E-state index is -0.346. The van der Waals surface area contributed by atoms with Crippen LogP contribution in [0.4, 0.5) is 0 Å². The van der Waals surface area contributed by atoms with Crippen molar-refractivity contribution < 1.29 is 14.3 Å². The van der Waals surface area contributed by atoms with E-state index >= 15 is 0 Å². The molecule has 0 spiro atoms. The summed E-state index contributed by atoms with van der Waals surface area (Å²) in [6.07, 6.45) is 2.49. The van der Waals surface area contributed by atoms with Crippen molar-refractivity contribution in [1.82, 2.24) is 0 Å². The first-order valence-electron chi connectivity index (χ1n) is 5.08. The molecule has 0 N–H and O–H groups in total. The maximum atomic E-state index is 11.4. The maximum Gasteiger partial charge on any atom is 0.338 e. The van der Waals surface area contributed by atoms with Crippen molar-refractivity contribution in [2.45, 2.75) is 13.8 Å². The van der Waals surface area contributed by atoms with E-state index in [9.17, 15) is 9.59 Å². The van der Waals surface area contributed by atoms with Gasteiger partial charge in [-0.25, -0.2) is 4.79 Å². The van der Waals surface area contributed by atoms with Gasteiger partial charge in [-0.15, -0.1) is 0 Å². The molecule has 1 aromatic rings. The third kappa shape index (κ3) is 3.35. The fourth-order valence-electron chi connectivity index (χ4n) is 1.27. The molecule has 1 aromatic carbocycles. The second kappa shape index (κ2) is 5.85. The summed E-state index contributed by atoms with van der Waals surface area (Å²) < 4.78 is 4.89. The number of carbonyl (C=O) groups is 2. The molecule has 0 aliphatic rings. The van der Waals surface area contributed by atoms with Crippen molar-refractivity contribution in [2.75, 3.05) is 6.61 Å². The van der Waals surface area contributed by atoms with Crippen molar-refractivity contribution in [3.8, 4) is 0 Å². The third-order valence-corrected chi connectivity index (χ3v) is 1.98. The Bertz CT molecular complexity index is 419. The van der Waals surface area contributed by atoms with Gasteiger partial charge < -0.3 is 4.74 Å². The second-order valence-corrected chi connectivity index (χ2v) is 3.35. The Labute approximate surface area is 94.7 Å². The first-order valence-corrected chi connectivity index (χ1v) is 5.08. The molecule has 0 heterocycles. The van der Waals surface area contributed by atoms with Crippen LogP contribution in [0.1, 0.15) is 29.8 Å². The normalized spacial score (nSPS) is 11.0. The van der Waals surface area contributed by atoms with Gasteiger partial charge in [-0.1, -0.05) is 12.1 Å². The van der Waals surface area contributed by atoms with E-state index in [1.165, 1.54) is 0 Å². The molecule has 0 saturated carbocycles. The van der Waals surface area contributed by atoms with Crippen LogP contribution in [-0.4, -0.2) is 18.9 Å². The summed E-state index contributed by atoms with van der Waals surface area (Å²) in [5.41, 5.74) is 1.92. The SMILES string of the molecule is CCOC(=O)c1cccc(/C=C(/C)C=O)c1. The zero-order chi connectivity index (χ0) is 12.0. The molecule has 0 unspecified atom stereocenters. The summed E-state index contributed by atoms with van der Waals surface area (Å²) in [7, 11) is 0. The summed E-state index contributed by atoms with van der Waals surface area (Å²) in [6.45, 7) is 3.83. The first kappa shape index (κ1) is 12.2. The molecule has 0 radical (unpaired) electrons. The molecule has 16 heavy (non-hydrogen) atoms. The predicted molar refractivity (Wildman–Crippen MR) is 62.1 cm³/mol. The Kier molecular flexibility index (Phi) is 4.45.